The van der Waals surface area contributed by atoms with E-state index in [4.69, 9.17) is 4.42 Å². The lowest BCUT2D eigenvalue weighted by Crippen LogP contribution is -2.38. The van der Waals surface area contributed by atoms with Gasteiger partial charge in [0.05, 0.1) is 0 Å². The van der Waals surface area contributed by atoms with Gasteiger partial charge in [0.25, 0.3) is 0 Å². The summed E-state index contributed by atoms with van der Waals surface area (Å²) in [5, 5.41) is 0. The highest BCUT2D eigenvalue weighted by molar-refractivity contribution is 5.91. The monoisotopic (exact) mass is 310 g/mol. The minimum Gasteiger partial charge on any atom is -0.437 e. The molecule has 1 amide bonds. The number of hydrogen-bond acceptors (Lipinski definition) is 3. The second-order valence-corrected chi connectivity index (χ2v) is 4.48. The average molecular weight is 310 g/mol. The van der Waals surface area contributed by atoms with Gasteiger partial charge in [-0.2, -0.15) is 13.2 Å². The average Bonchev–Trinajstić information content (AvgIpc) is 2.85. The molecule has 0 fully saturated rings. The molecule has 0 atom stereocenters. The minimum absolute atomic E-state index is 0.153. The molecule has 0 saturated carbocycles. The number of hydrogen-bond donors (Lipinski definition) is 0. The third-order valence-electron chi connectivity index (χ3n) is 2.71. The van der Waals surface area contributed by atoms with E-state index in [0.29, 0.717) is 16.0 Å². The Morgan fingerprint density at radius 3 is 2.73 bits per heavy atom. The number of benzene rings is 1. The summed E-state index contributed by atoms with van der Waals surface area (Å²) >= 11 is 0. The zero-order chi connectivity index (χ0) is 16.2. The number of nitrogens with zero attached hydrogens (tertiary/aromatic N) is 2. The standard InChI is InChI=1S/C15H13F3N2O2/c1-2-9-20(10-15(16,17)18)14(21)8-7-13-19-11-5-3-4-6-12(11)22-13/h2-8H,1,9-10H2/b8-7+. The first kappa shape index (κ1) is 15.8. The lowest BCUT2D eigenvalue weighted by atomic mass is 10.3. The first-order chi connectivity index (χ1) is 10.4. The minimum atomic E-state index is -4.47. The van der Waals surface area contributed by atoms with Crippen LogP contribution >= 0.6 is 0 Å². The van der Waals surface area contributed by atoms with Crippen molar-refractivity contribution in [2.24, 2.45) is 0 Å². The number of carbonyl (C=O) groups excluding carboxylic acids is 1. The maximum absolute atomic E-state index is 12.4. The smallest absolute Gasteiger partial charge is 0.406 e. The highest BCUT2D eigenvalue weighted by atomic mass is 19.4. The predicted molar refractivity (Wildman–Crippen MR) is 75.9 cm³/mol. The molecule has 0 bridgehead atoms. The molecular weight excluding hydrogens is 297 g/mol. The van der Waals surface area contributed by atoms with Crippen LogP contribution in [-0.4, -0.2) is 35.1 Å². The van der Waals surface area contributed by atoms with Crippen LogP contribution in [0.3, 0.4) is 0 Å². The first-order valence-corrected chi connectivity index (χ1v) is 6.39. The number of aromatic nitrogens is 1. The van der Waals surface area contributed by atoms with Crippen molar-refractivity contribution in [2.45, 2.75) is 6.18 Å². The van der Waals surface area contributed by atoms with Gasteiger partial charge < -0.3 is 9.32 Å². The second kappa shape index (κ2) is 6.46. The summed E-state index contributed by atoms with van der Waals surface area (Å²) in [6, 6.07) is 6.97. The van der Waals surface area contributed by atoms with Gasteiger partial charge in [0.1, 0.15) is 12.1 Å². The van der Waals surface area contributed by atoms with E-state index in [2.05, 4.69) is 11.6 Å². The van der Waals surface area contributed by atoms with Crippen molar-refractivity contribution in [1.29, 1.82) is 0 Å². The Morgan fingerprint density at radius 1 is 1.36 bits per heavy atom. The van der Waals surface area contributed by atoms with Crippen LogP contribution in [0.25, 0.3) is 17.2 Å². The molecule has 1 aromatic heterocycles. The lowest BCUT2D eigenvalue weighted by Gasteiger charge is -2.20. The zero-order valence-electron chi connectivity index (χ0n) is 11.5. The van der Waals surface area contributed by atoms with E-state index in [1.165, 1.54) is 12.2 Å². The predicted octanol–water partition coefficient (Wildman–Crippen LogP) is 3.42. The molecule has 0 unspecified atom stereocenters. The molecule has 22 heavy (non-hydrogen) atoms. The summed E-state index contributed by atoms with van der Waals surface area (Å²) in [6.45, 7) is 1.81. The van der Waals surface area contributed by atoms with Gasteiger partial charge in [0.15, 0.2) is 5.58 Å². The maximum Gasteiger partial charge on any atom is 0.406 e. The van der Waals surface area contributed by atoms with Crippen LogP contribution in [-0.2, 0) is 4.79 Å². The number of amides is 1. The summed E-state index contributed by atoms with van der Waals surface area (Å²) in [4.78, 5) is 16.6. The number of carbonyl (C=O) groups is 1. The number of fused-ring (bicyclic) bond motifs is 1. The number of rotatable bonds is 5. The van der Waals surface area contributed by atoms with E-state index in [0.717, 1.165) is 6.08 Å². The van der Waals surface area contributed by atoms with E-state index >= 15 is 0 Å². The molecule has 0 aliphatic carbocycles. The summed E-state index contributed by atoms with van der Waals surface area (Å²) in [5.41, 5.74) is 1.14. The Kier molecular flexibility index (Phi) is 4.65. The van der Waals surface area contributed by atoms with Gasteiger partial charge in [-0.3, -0.25) is 4.79 Å². The van der Waals surface area contributed by atoms with Crippen molar-refractivity contribution < 1.29 is 22.4 Å². The Hall–Kier alpha value is -2.57. The molecule has 116 valence electrons. The lowest BCUT2D eigenvalue weighted by molar-refractivity contribution is -0.157. The van der Waals surface area contributed by atoms with E-state index in [1.54, 1.807) is 24.3 Å². The molecule has 7 heteroatoms. The fourth-order valence-electron chi connectivity index (χ4n) is 1.81. The SMILES string of the molecule is C=CCN(CC(F)(F)F)C(=O)/C=C/c1nc2ccccc2o1. The normalized spacial score (nSPS) is 12.0. The van der Waals surface area contributed by atoms with Crippen molar-refractivity contribution in [3.8, 4) is 0 Å². The highest BCUT2D eigenvalue weighted by Crippen LogP contribution is 2.18. The van der Waals surface area contributed by atoms with Gasteiger partial charge in [-0.15, -0.1) is 6.58 Å². The van der Waals surface area contributed by atoms with Crippen LogP contribution < -0.4 is 0 Å². The van der Waals surface area contributed by atoms with Gasteiger partial charge in [0, 0.05) is 18.7 Å². The molecule has 2 aromatic rings. The van der Waals surface area contributed by atoms with Crippen molar-refractivity contribution in [1.82, 2.24) is 9.88 Å². The molecule has 0 N–H and O–H groups in total. The van der Waals surface area contributed by atoms with Gasteiger partial charge in [-0.05, 0) is 12.1 Å². The van der Waals surface area contributed by atoms with Crippen LogP contribution in [0.15, 0.2) is 47.4 Å². The Labute approximate surface area is 124 Å². The number of para-hydroxylation sites is 2. The van der Waals surface area contributed by atoms with Crippen molar-refractivity contribution >= 4 is 23.1 Å². The largest absolute Gasteiger partial charge is 0.437 e. The van der Waals surface area contributed by atoms with Crippen LogP contribution in [0.2, 0.25) is 0 Å². The fourth-order valence-corrected chi connectivity index (χ4v) is 1.81. The molecule has 0 aliphatic heterocycles. The zero-order valence-corrected chi connectivity index (χ0v) is 11.5. The van der Waals surface area contributed by atoms with Crippen molar-refractivity contribution in [2.75, 3.05) is 13.1 Å². The first-order valence-electron chi connectivity index (χ1n) is 6.39. The van der Waals surface area contributed by atoms with Crippen LogP contribution in [0, 0.1) is 0 Å². The molecule has 1 aromatic carbocycles. The Balaban J connectivity index is 2.12. The second-order valence-electron chi connectivity index (χ2n) is 4.48. The van der Waals surface area contributed by atoms with Gasteiger partial charge in [0.2, 0.25) is 11.8 Å². The van der Waals surface area contributed by atoms with E-state index in [1.807, 2.05) is 0 Å². The van der Waals surface area contributed by atoms with Crippen LogP contribution in [0.1, 0.15) is 5.89 Å². The van der Waals surface area contributed by atoms with Gasteiger partial charge in [-0.1, -0.05) is 18.2 Å². The number of halogens is 3. The molecule has 1 heterocycles. The van der Waals surface area contributed by atoms with E-state index < -0.39 is 18.6 Å². The van der Waals surface area contributed by atoms with E-state index in [9.17, 15) is 18.0 Å². The maximum atomic E-state index is 12.4. The Bertz CT molecular complexity index is 671. The molecule has 2 rings (SSSR count). The molecular formula is C15H13F3N2O2. The van der Waals surface area contributed by atoms with Crippen LogP contribution in [0.5, 0.6) is 0 Å². The molecule has 0 saturated heterocycles. The van der Waals surface area contributed by atoms with Gasteiger partial charge in [-0.25, -0.2) is 4.98 Å². The fraction of sp³-hybridized carbons (Fsp3) is 0.200. The van der Waals surface area contributed by atoms with E-state index in [-0.39, 0.29) is 12.4 Å². The molecule has 4 nitrogen and oxygen atoms in total. The molecule has 0 spiro atoms. The van der Waals surface area contributed by atoms with Crippen molar-refractivity contribution in [3.05, 3.63) is 48.9 Å². The summed E-state index contributed by atoms with van der Waals surface area (Å²) < 4.78 is 42.6. The van der Waals surface area contributed by atoms with Crippen LogP contribution in [0.4, 0.5) is 13.2 Å². The Morgan fingerprint density at radius 2 is 2.09 bits per heavy atom. The van der Waals surface area contributed by atoms with Gasteiger partial charge >= 0.3 is 6.18 Å². The quantitative estimate of drug-likeness (QED) is 0.628. The summed E-state index contributed by atoms with van der Waals surface area (Å²) in [6.07, 6.45) is -0.990. The molecule has 0 aliphatic rings. The number of oxazole rings is 1. The molecule has 0 radical (unpaired) electrons. The van der Waals surface area contributed by atoms with Crippen molar-refractivity contribution in [3.63, 3.8) is 0 Å². The number of alkyl halides is 3. The summed E-state index contributed by atoms with van der Waals surface area (Å²) in [5.74, 6) is -0.639. The third kappa shape index (κ3) is 4.21. The highest BCUT2D eigenvalue weighted by Gasteiger charge is 2.31. The third-order valence-corrected chi connectivity index (χ3v) is 2.71. The topological polar surface area (TPSA) is 46.3 Å². The summed E-state index contributed by atoms with van der Waals surface area (Å²) in [7, 11) is 0.